The van der Waals surface area contributed by atoms with E-state index in [9.17, 15) is 0 Å². The van der Waals surface area contributed by atoms with Gasteiger partial charge in [0, 0.05) is 41.0 Å². The maximum atomic E-state index is 3.62. The van der Waals surface area contributed by atoms with Crippen LogP contribution in [0.3, 0.4) is 0 Å². The lowest BCUT2D eigenvalue weighted by Gasteiger charge is -2.10. The van der Waals surface area contributed by atoms with Crippen molar-refractivity contribution in [1.82, 2.24) is 4.57 Å². The molecule has 2 nitrogen and oxygen atoms in total. The van der Waals surface area contributed by atoms with Gasteiger partial charge in [-0.3, -0.25) is 0 Å². The minimum atomic E-state index is 0.850. The van der Waals surface area contributed by atoms with Crippen LogP contribution in [0.4, 0.5) is 5.69 Å². The first kappa shape index (κ1) is 14.2. The zero-order valence-corrected chi connectivity index (χ0v) is 13.7. The van der Waals surface area contributed by atoms with Crippen molar-refractivity contribution >= 4 is 32.4 Å². The minimum absolute atomic E-state index is 0.850. The highest BCUT2D eigenvalue weighted by Crippen LogP contribution is 2.30. The number of hydrogen-bond acceptors (Lipinski definition) is 1. The fourth-order valence-corrected chi connectivity index (χ4v) is 3.08. The topological polar surface area (TPSA) is 17.0 Å². The quantitative estimate of drug-likeness (QED) is 0.654. The molecule has 0 fully saturated rings. The average Bonchev–Trinajstić information content (AvgIpc) is 2.95. The van der Waals surface area contributed by atoms with Crippen LogP contribution >= 0.6 is 15.9 Å². The molecule has 0 bridgehead atoms. The molecule has 0 unspecified atom stereocenters. The number of aryl methyl sites for hydroxylation is 1. The van der Waals surface area contributed by atoms with Crippen molar-refractivity contribution in [3.63, 3.8) is 0 Å². The number of nitrogens with one attached hydrogen (secondary N) is 1. The van der Waals surface area contributed by atoms with E-state index in [0.717, 1.165) is 17.6 Å². The fourth-order valence-electron chi connectivity index (χ4n) is 2.61. The Bertz CT molecular complexity index is 746. The van der Waals surface area contributed by atoms with Crippen molar-refractivity contribution in [3.05, 3.63) is 64.9 Å². The van der Waals surface area contributed by atoms with Gasteiger partial charge >= 0.3 is 0 Å². The van der Waals surface area contributed by atoms with Crippen LogP contribution < -0.4 is 5.32 Å². The van der Waals surface area contributed by atoms with E-state index in [1.807, 2.05) is 0 Å². The lowest BCUT2D eigenvalue weighted by molar-refractivity contribution is 0.682. The van der Waals surface area contributed by atoms with E-state index in [-0.39, 0.29) is 0 Å². The maximum absolute atomic E-state index is 3.62. The highest BCUT2D eigenvalue weighted by Gasteiger charge is 2.04. The summed E-state index contributed by atoms with van der Waals surface area (Å²) >= 11 is 3.62. The van der Waals surface area contributed by atoms with Crippen molar-refractivity contribution in [1.29, 1.82) is 0 Å². The van der Waals surface area contributed by atoms with Crippen LogP contribution in [0.1, 0.15) is 18.9 Å². The molecule has 21 heavy (non-hydrogen) atoms. The number of benzene rings is 2. The fraction of sp³-hybridized carbons (Fsp3) is 0.222. The summed E-state index contributed by atoms with van der Waals surface area (Å²) in [5.74, 6) is 0. The van der Waals surface area contributed by atoms with E-state index < -0.39 is 0 Å². The molecule has 108 valence electrons. The Morgan fingerprint density at radius 1 is 1.05 bits per heavy atom. The van der Waals surface area contributed by atoms with Crippen LogP contribution in [0.25, 0.3) is 10.8 Å². The predicted octanol–water partition coefficient (Wildman–Crippen LogP) is 5.43. The Hall–Kier alpha value is -1.74. The second-order valence-corrected chi connectivity index (χ2v) is 6.11. The molecule has 0 amide bonds. The summed E-state index contributed by atoms with van der Waals surface area (Å²) in [5.41, 5.74) is 2.49. The summed E-state index contributed by atoms with van der Waals surface area (Å²) in [4.78, 5) is 0. The summed E-state index contributed by atoms with van der Waals surface area (Å²) in [6.45, 7) is 4.13. The van der Waals surface area contributed by atoms with Gasteiger partial charge in [0.2, 0.25) is 0 Å². The molecule has 0 saturated heterocycles. The second kappa shape index (κ2) is 6.35. The first-order valence-electron chi connectivity index (χ1n) is 7.33. The molecule has 3 aromatic rings. The first-order valence-corrected chi connectivity index (χ1v) is 8.13. The summed E-state index contributed by atoms with van der Waals surface area (Å²) < 4.78 is 3.38. The van der Waals surface area contributed by atoms with Crippen LogP contribution in [-0.4, -0.2) is 4.57 Å². The summed E-state index contributed by atoms with van der Waals surface area (Å²) in [5, 5.41) is 6.04. The molecule has 2 aromatic carbocycles. The lowest BCUT2D eigenvalue weighted by Crippen LogP contribution is -1.99. The number of halogens is 1. The molecule has 0 atom stereocenters. The predicted molar refractivity (Wildman–Crippen MR) is 93.7 cm³/mol. The molecule has 3 heteroatoms. The average molecular weight is 343 g/mol. The highest BCUT2D eigenvalue weighted by atomic mass is 79.9. The zero-order chi connectivity index (χ0) is 14.7. The van der Waals surface area contributed by atoms with Crippen molar-refractivity contribution in [2.45, 2.75) is 26.4 Å². The van der Waals surface area contributed by atoms with Crippen LogP contribution in [0.15, 0.2) is 59.3 Å². The van der Waals surface area contributed by atoms with Gasteiger partial charge in [-0.1, -0.05) is 47.1 Å². The normalized spacial score (nSPS) is 11.0. The number of nitrogens with zero attached hydrogens (tertiary/aromatic N) is 1. The van der Waals surface area contributed by atoms with E-state index in [1.165, 1.54) is 28.4 Å². The summed E-state index contributed by atoms with van der Waals surface area (Å²) in [6, 6.07) is 14.9. The van der Waals surface area contributed by atoms with E-state index in [1.54, 1.807) is 0 Å². The molecule has 1 N–H and O–H groups in total. The molecule has 0 spiro atoms. The van der Waals surface area contributed by atoms with Crippen molar-refractivity contribution in [2.75, 3.05) is 5.32 Å². The highest BCUT2D eigenvalue weighted by molar-refractivity contribution is 9.10. The van der Waals surface area contributed by atoms with Crippen molar-refractivity contribution < 1.29 is 0 Å². The summed E-state index contributed by atoms with van der Waals surface area (Å²) in [7, 11) is 0. The molecule has 0 saturated carbocycles. The molecular formula is C18H19BrN2. The van der Waals surface area contributed by atoms with Crippen LogP contribution in [-0.2, 0) is 13.1 Å². The van der Waals surface area contributed by atoms with E-state index in [0.29, 0.717) is 0 Å². The number of fused-ring (bicyclic) bond motifs is 1. The molecule has 3 rings (SSSR count). The van der Waals surface area contributed by atoms with Gasteiger partial charge in [-0.2, -0.15) is 0 Å². The number of hydrogen-bond donors (Lipinski definition) is 1. The van der Waals surface area contributed by atoms with Crippen LogP contribution in [0.2, 0.25) is 0 Å². The largest absolute Gasteiger partial charge is 0.380 e. The van der Waals surface area contributed by atoms with Gasteiger partial charge in [-0.15, -0.1) is 0 Å². The lowest BCUT2D eigenvalue weighted by atomic mass is 10.1. The third kappa shape index (κ3) is 3.13. The SMILES string of the molecule is CCCn1ccc(CNc2ccc(Br)c3ccccc23)c1. The van der Waals surface area contributed by atoms with E-state index in [2.05, 4.69) is 87.6 Å². The summed E-state index contributed by atoms with van der Waals surface area (Å²) in [6.07, 6.45) is 5.54. The van der Waals surface area contributed by atoms with Crippen LogP contribution in [0, 0.1) is 0 Å². The number of anilines is 1. The molecule has 0 aliphatic rings. The van der Waals surface area contributed by atoms with Gasteiger partial charge < -0.3 is 9.88 Å². The molecule has 0 aliphatic carbocycles. The number of aromatic nitrogens is 1. The molecule has 1 heterocycles. The maximum Gasteiger partial charge on any atom is 0.0423 e. The van der Waals surface area contributed by atoms with Gasteiger partial charge in [0.25, 0.3) is 0 Å². The number of rotatable bonds is 5. The van der Waals surface area contributed by atoms with Gasteiger partial charge in [0.05, 0.1) is 0 Å². The van der Waals surface area contributed by atoms with Gasteiger partial charge in [-0.25, -0.2) is 0 Å². The van der Waals surface area contributed by atoms with Gasteiger partial charge in [-0.05, 0) is 35.6 Å². The smallest absolute Gasteiger partial charge is 0.0423 e. The Morgan fingerprint density at radius 2 is 1.86 bits per heavy atom. The van der Waals surface area contributed by atoms with Gasteiger partial charge in [0.15, 0.2) is 0 Å². The van der Waals surface area contributed by atoms with E-state index in [4.69, 9.17) is 0 Å². The van der Waals surface area contributed by atoms with Crippen LogP contribution in [0.5, 0.6) is 0 Å². The molecule has 0 radical (unpaired) electrons. The van der Waals surface area contributed by atoms with Crippen molar-refractivity contribution in [3.8, 4) is 0 Å². The Morgan fingerprint density at radius 3 is 2.67 bits per heavy atom. The Balaban J connectivity index is 1.80. The molecule has 0 aliphatic heterocycles. The van der Waals surface area contributed by atoms with Gasteiger partial charge in [0.1, 0.15) is 0 Å². The first-order chi connectivity index (χ1) is 10.3. The zero-order valence-electron chi connectivity index (χ0n) is 12.1. The third-order valence-electron chi connectivity index (χ3n) is 3.65. The monoisotopic (exact) mass is 342 g/mol. The minimum Gasteiger partial charge on any atom is -0.380 e. The standard InChI is InChI=1S/C18H19BrN2/c1-2-10-21-11-9-14(13-21)12-20-18-8-7-17(19)15-5-3-4-6-16(15)18/h3-9,11,13,20H,2,10,12H2,1H3. The van der Waals surface area contributed by atoms with Crippen molar-refractivity contribution in [2.24, 2.45) is 0 Å². The second-order valence-electron chi connectivity index (χ2n) is 5.25. The third-order valence-corrected chi connectivity index (χ3v) is 4.34. The molecule has 1 aromatic heterocycles. The van der Waals surface area contributed by atoms with E-state index >= 15 is 0 Å². The molecular weight excluding hydrogens is 324 g/mol. The Kier molecular flexibility index (Phi) is 4.30. The Labute approximate surface area is 133 Å².